The molecule has 0 aliphatic carbocycles. The van der Waals surface area contributed by atoms with Gasteiger partial charge in [0.15, 0.2) is 5.13 Å². The van der Waals surface area contributed by atoms with Crippen molar-refractivity contribution in [1.82, 2.24) is 14.5 Å². The number of carbonyl (C=O) groups excluding carboxylic acids is 1. The predicted octanol–water partition coefficient (Wildman–Crippen LogP) is 5.90. The van der Waals surface area contributed by atoms with Crippen LogP contribution in [0, 0.1) is 13.8 Å². The maximum atomic E-state index is 13.2. The van der Waals surface area contributed by atoms with Crippen LogP contribution in [0.3, 0.4) is 0 Å². The predicted molar refractivity (Wildman–Crippen MR) is 129 cm³/mol. The molecule has 31 heavy (non-hydrogen) atoms. The van der Waals surface area contributed by atoms with E-state index in [-0.39, 0.29) is 5.91 Å². The lowest BCUT2D eigenvalue weighted by Crippen LogP contribution is -2.30. The molecular weight excluding hydrogens is 428 g/mol. The molecule has 0 bridgehead atoms. The molecule has 0 N–H and O–H groups in total. The Bertz CT molecular complexity index is 1230. The normalized spacial score (nSPS) is 11.5. The van der Waals surface area contributed by atoms with Crippen molar-refractivity contribution in [2.75, 3.05) is 11.4 Å². The van der Waals surface area contributed by atoms with Crippen molar-refractivity contribution < 1.29 is 4.79 Å². The molecule has 1 amide bonds. The first-order valence-electron chi connectivity index (χ1n) is 10.1. The molecule has 0 atom stereocenters. The Morgan fingerprint density at radius 2 is 2.06 bits per heavy atom. The average Bonchev–Trinajstić information content (AvgIpc) is 3.43. The molecule has 2 aromatic carbocycles. The quantitative estimate of drug-likeness (QED) is 0.329. The smallest absolute Gasteiger partial charge is 0.252 e. The van der Waals surface area contributed by atoms with Crippen LogP contribution in [0.1, 0.15) is 23.1 Å². The Morgan fingerprint density at radius 1 is 1.23 bits per heavy atom. The van der Waals surface area contributed by atoms with Gasteiger partial charge in [0, 0.05) is 36.6 Å². The van der Waals surface area contributed by atoms with Crippen LogP contribution in [0.25, 0.3) is 16.3 Å². The number of hydrogen-bond donors (Lipinski definition) is 0. The van der Waals surface area contributed by atoms with Gasteiger partial charge >= 0.3 is 0 Å². The van der Waals surface area contributed by atoms with Crippen molar-refractivity contribution in [3.05, 3.63) is 82.9 Å². The lowest BCUT2D eigenvalue weighted by Gasteiger charge is -2.18. The third-order valence-corrected chi connectivity index (χ3v) is 6.63. The van der Waals surface area contributed by atoms with Gasteiger partial charge in [0.1, 0.15) is 0 Å². The van der Waals surface area contributed by atoms with E-state index in [9.17, 15) is 4.79 Å². The van der Waals surface area contributed by atoms with Crippen LogP contribution in [-0.2, 0) is 11.3 Å². The number of amides is 1. The number of rotatable bonds is 7. The van der Waals surface area contributed by atoms with Gasteiger partial charge in [0.2, 0.25) is 0 Å². The van der Waals surface area contributed by atoms with Gasteiger partial charge in [-0.05, 0) is 55.2 Å². The lowest BCUT2D eigenvalue weighted by molar-refractivity contribution is -0.114. The van der Waals surface area contributed by atoms with Gasteiger partial charge in [0.05, 0.1) is 16.5 Å². The summed E-state index contributed by atoms with van der Waals surface area (Å²) in [7, 11) is 0. The number of nitrogens with zero attached hydrogens (tertiary/aromatic N) is 4. The highest BCUT2D eigenvalue weighted by molar-refractivity contribution is 7.22. The summed E-state index contributed by atoms with van der Waals surface area (Å²) in [6, 6.07) is 11.6. The number of carbonyl (C=O) groups is 1. The second-order valence-electron chi connectivity index (χ2n) is 7.35. The minimum absolute atomic E-state index is 0.112. The minimum Gasteiger partial charge on any atom is -0.337 e. The average molecular weight is 451 g/mol. The molecule has 0 radical (unpaired) electrons. The molecule has 2 aromatic heterocycles. The summed E-state index contributed by atoms with van der Waals surface area (Å²) >= 11 is 7.78. The van der Waals surface area contributed by atoms with E-state index in [1.807, 2.05) is 35.0 Å². The molecule has 2 heterocycles. The zero-order chi connectivity index (χ0) is 21.8. The molecular formula is C24H23ClN4OS. The zero-order valence-corrected chi connectivity index (χ0v) is 19.0. The number of benzene rings is 2. The number of thiazole rings is 1. The summed E-state index contributed by atoms with van der Waals surface area (Å²) in [4.78, 5) is 23.9. The van der Waals surface area contributed by atoms with Crippen LogP contribution in [-0.4, -0.2) is 27.0 Å². The maximum absolute atomic E-state index is 13.2. The first-order chi connectivity index (χ1) is 15.0. The van der Waals surface area contributed by atoms with Gasteiger partial charge in [-0.3, -0.25) is 9.69 Å². The third-order valence-electron chi connectivity index (χ3n) is 5.24. The zero-order valence-electron chi connectivity index (χ0n) is 17.5. The number of imidazole rings is 1. The highest BCUT2D eigenvalue weighted by Gasteiger charge is 2.19. The van der Waals surface area contributed by atoms with E-state index in [1.165, 1.54) is 5.56 Å². The highest BCUT2D eigenvalue weighted by atomic mass is 35.5. The van der Waals surface area contributed by atoms with E-state index < -0.39 is 0 Å². The molecule has 0 aliphatic rings. The van der Waals surface area contributed by atoms with E-state index in [0.29, 0.717) is 16.7 Å². The van der Waals surface area contributed by atoms with Crippen molar-refractivity contribution in [2.24, 2.45) is 0 Å². The molecule has 0 unspecified atom stereocenters. The van der Waals surface area contributed by atoms with Crippen molar-refractivity contribution in [3.63, 3.8) is 0 Å². The fraction of sp³-hybridized carbons (Fsp3) is 0.208. The second-order valence-corrected chi connectivity index (χ2v) is 8.77. The lowest BCUT2D eigenvalue weighted by atomic mass is 10.1. The van der Waals surface area contributed by atoms with Gasteiger partial charge in [-0.1, -0.05) is 47.2 Å². The molecule has 0 saturated heterocycles. The van der Waals surface area contributed by atoms with Crippen LogP contribution in [0.4, 0.5) is 5.13 Å². The molecule has 4 rings (SSSR count). The third kappa shape index (κ3) is 4.86. The summed E-state index contributed by atoms with van der Waals surface area (Å²) in [5.74, 6) is -0.112. The monoisotopic (exact) mass is 450 g/mol. The molecule has 5 nitrogen and oxygen atoms in total. The van der Waals surface area contributed by atoms with Gasteiger partial charge in [-0.2, -0.15) is 0 Å². The van der Waals surface area contributed by atoms with Gasteiger partial charge in [-0.25, -0.2) is 9.97 Å². The van der Waals surface area contributed by atoms with E-state index in [0.717, 1.165) is 34.3 Å². The van der Waals surface area contributed by atoms with E-state index in [4.69, 9.17) is 16.6 Å². The Balaban J connectivity index is 1.61. The largest absolute Gasteiger partial charge is 0.337 e. The molecule has 0 saturated carbocycles. The number of anilines is 1. The van der Waals surface area contributed by atoms with Gasteiger partial charge < -0.3 is 4.57 Å². The summed E-state index contributed by atoms with van der Waals surface area (Å²) in [5.41, 5.74) is 4.12. The van der Waals surface area contributed by atoms with E-state index in [1.54, 1.807) is 40.9 Å². The van der Waals surface area contributed by atoms with Crippen molar-refractivity contribution in [2.45, 2.75) is 26.8 Å². The SMILES string of the molecule is Cc1ccc2sc(N(CCCn3ccnc3)C(=O)/C=C/c3ccccc3Cl)nc2c1C. The maximum Gasteiger partial charge on any atom is 0.252 e. The van der Waals surface area contributed by atoms with Crippen LogP contribution < -0.4 is 4.90 Å². The molecule has 4 aromatic rings. The van der Waals surface area contributed by atoms with Crippen molar-refractivity contribution >= 4 is 50.3 Å². The Kier molecular flexibility index (Phi) is 6.49. The highest BCUT2D eigenvalue weighted by Crippen LogP contribution is 2.32. The summed E-state index contributed by atoms with van der Waals surface area (Å²) in [5, 5.41) is 1.33. The van der Waals surface area contributed by atoms with E-state index >= 15 is 0 Å². The number of fused-ring (bicyclic) bond motifs is 1. The second kappa shape index (κ2) is 9.45. The fourth-order valence-corrected chi connectivity index (χ4v) is 4.58. The Morgan fingerprint density at radius 3 is 2.84 bits per heavy atom. The van der Waals surface area contributed by atoms with Crippen LogP contribution in [0.2, 0.25) is 5.02 Å². The number of halogens is 1. The minimum atomic E-state index is -0.112. The topological polar surface area (TPSA) is 51.0 Å². The summed E-state index contributed by atoms with van der Waals surface area (Å²) < 4.78 is 3.09. The Labute approximate surface area is 190 Å². The number of hydrogen-bond acceptors (Lipinski definition) is 4. The van der Waals surface area contributed by atoms with Gasteiger partial charge in [-0.15, -0.1) is 0 Å². The van der Waals surface area contributed by atoms with Crippen LogP contribution >= 0.6 is 22.9 Å². The standard InChI is InChI=1S/C24H23ClN4OS/c1-17-8-10-21-23(18(17)2)27-24(31-21)29(14-5-13-28-15-12-26-16-28)22(30)11-9-19-6-3-4-7-20(19)25/h3-4,6-12,15-16H,5,13-14H2,1-2H3/b11-9+. The number of aromatic nitrogens is 3. The van der Waals surface area contributed by atoms with Gasteiger partial charge in [0.25, 0.3) is 5.91 Å². The fourth-order valence-electron chi connectivity index (χ4n) is 3.32. The van der Waals surface area contributed by atoms with Crippen molar-refractivity contribution in [1.29, 1.82) is 0 Å². The molecule has 158 valence electrons. The Hall–Kier alpha value is -2.96. The van der Waals surface area contributed by atoms with Crippen LogP contribution in [0.15, 0.2) is 61.2 Å². The molecule has 0 aliphatic heterocycles. The first kappa shape index (κ1) is 21.3. The molecule has 0 spiro atoms. The number of aryl methyl sites for hydroxylation is 3. The molecule has 0 fully saturated rings. The van der Waals surface area contributed by atoms with Crippen LogP contribution in [0.5, 0.6) is 0 Å². The first-order valence-corrected chi connectivity index (χ1v) is 11.3. The molecule has 7 heteroatoms. The summed E-state index contributed by atoms with van der Waals surface area (Å²) in [6.45, 7) is 5.49. The van der Waals surface area contributed by atoms with Crippen molar-refractivity contribution in [3.8, 4) is 0 Å². The summed E-state index contributed by atoms with van der Waals surface area (Å²) in [6.07, 6.45) is 9.59. The van der Waals surface area contributed by atoms with E-state index in [2.05, 4.69) is 31.0 Å².